The lowest BCUT2D eigenvalue weighted by Crippen LogP contribution is -2.54. The number of nitrogens with zero attached hydrogens (tertiary/aromatic N) is 2. The first-order valence-corrected chi connectivity index (χ1v) is 14.8. The summed E-state index contributed by atoms with van der Waals surface area (Å²) in [5, 5.41) is 2.84. The number of nitrogens with one attached hydrogen (secondary N) is 1. The van der Waals surface area contributed by atoms with Crippen molar-refractivity contribution in [2.24, 2.45) is 17.6 Å². The predicted octanol–water partition coefficient (Wildman–Crippen LogP) is 1.77. The van der Waals surface area contributed by atoms with Gasteiger partial charge >= 0.3 is 5.97 Å². The number of esters is 1. The first-order valence-electron chi connectivity index (χ1n) is 14.8. The van der Waals surface area contributed by atoms with Gasteiger partial charge in [-0.15, -0.1) is 0 Å². The molecule has 1 aromatic rings. The lowest BCUT2D eigenvalue weighted by Gasteiger charge is -2.39. The molecule has 0 saturated carbocycles. The summed E-state index contributed by atoms with van der Waals surface area (Å²) in [6.45, 7) is 6.20. The maximum Gasteiger partial charge on any atom is 0.328 e. The Labute approximate surface area is 250 Å². The van der Waals surface area contributed by atoms with E-state index in [1.54, 1.807) is 30.9 Å². The van der Waals surface area contributed by atoms with Crippen molar-refractivity contribution in [1.29, 1.82) is 0 Å². The molecule has 7 atom stereocenters. The van der Waals surface area contributed by atoms with Gasteiger partial charge in [-0.2, -0.15) is 0 Å². The average molecular weight is 591 g/mol. The molecule has 0 unspecified atom stereocenters. The molecule has 2 rings (SSSR count). The Morgan fingerprint density at radius 2 is 1.76 bits per heavy atom. The third-order valence-corrected chi connectivity index (χ3v) is 8.56. The van der Waals surface area contributed by atoms with Crippen LogP contribution in [-0.2, 0) is 39.8 Å². The third kappa shape index (κ3) is 8.99. The van der Waals surface area contributed by atoms with Crippen molar-refractivity contribution < 1.29 is 33.4 Å². The fourth-order valence-corrected chi connectivity index (χ4v) is 5.96. The molecule has 0 radical (unpaired) electrons. The molecule has 1 aliphatic rings. The van der Waals surface area contributed by atoms with Crippen molar-refractivity contribution >= 4 is 23.7 Å². The number of nitrogens with two attached hydrogens (primary N) is 1. The minimum Gasteiger partial charge on any atom is -0.467 e. The maximum atomic E-state index is 13.7. The van der Waals surface area contributed by atoms with Gasteiger partial charge in [-0.25, -0.2) is 4.79 Å². The van der Waals surface area contributed by atoms with Crippen molar-refractivity contribution in [2.75, 3.05) is 41.5 Å². The monoisotopic (exact) mass is 590 g/mol. The van der Waals surface area contributed by atoms with E-state index in [1.165, 1.54) is 14.2 Å². The van der Waals surface area contributed by atoms with Gasteiger partial charge in [0.1, 0.15) is 6.04 Å². The van der Waals surface area contributed by atoms with Gasteiger partial charge in [-0.1, -0.05) is 57.5 Å². The molecule has 1 aliphatic heterocycles. The van der Waals surface area contributed by atoms with Gasteiger partial charge in [-0.3, -0.25) is 14.4 Å². The summed E-state index contributed by atoms with van der Waals surface area (Å²) in [6, 6.07) is 7.86. The molecular weight excluding hydrogens is 540 g/mol. The Hall–Kier alpha value is -3.02. The highest BCUT2D eigenvalue weighted by Crippen LogP contribution is 2.29. The molecule has 42 heavy (non-hydrogen) atoms. The Kier molecular flexibility index (Phi) is 14.4. The fraction of sp³-hybridized carbons (Fsp3) is 0.677. The van der Waals surface area contributed by atoms with E-state index < -0.39 is 30.1 Å². The van der Waals surface area contributed by atoms with Crippen LogP contribution in [0.4, 0.5) is 0 Å². The molecule has 0 aromatic heterocycles. The number of likely N-dealkylation sites (N-methyl/N-ethyl adjacent to an activating group) is 1. The zero-order chi connectivity index (χ0) is 31.4. The van der Waals surface area contributed by atoms with Crippen LogP contribution in [0.2, 0.25) is 0 Å². The highest BCUT2D eigenvalue weighted by molar-refractivity contribution is 5.86. The summed E-state index contributed by atoms with van der Waals surface area (Å²) < 4.78 is 16.6. The Morgan fingerprint density at radius 3 is 2.31 bits per heavy atom. The third-order valence-electron chi connectivity index (χ3n) is 8.56. The minimum absolute atomic E-state index is 0.0721. The number of hydrogen-bond donors (Lipinski definition) is 2. The van der Waals surface area contributed by atoms with Gasteiger partial charge in [0.15, 0.2) is 0 Å². The quantitative estimate of drug-likeness (QED) is 0.278. The number of hydrogen-bond acceptors (Lipinski definition) is 8. The van der Waals surface area contributed by atoms with Gasteiger partial charge < -0.3 is 35.1 Å². The first-order chi connectivity index (χ1) is 20.0. The smallest absolute Gasteiger partial charge is 0.328 e. The number of rotatable bonds is 16. The van der Waals surface area contributed by atoms with Crippen LogP contribution in [0.25, 0.3) is 0 Å². The van der Waals surface area contributed by atoms with E-state index in [4.69, 9.17) is 19.9 Å². The Bertz CT molecular complexity index is 1020. The van der Waals surface area contributed by atoms with Crippen molar-refractivity contribution in [3.8, 4) is 0 Å². The van der Waals surface area contributed by atoms with Gasteiger partial charge in [0, 0.05) is 34.2 Å². The lowest BCUT2D eigenvalue weighted by atomic mass is 9.90. The fourth-order valence-electron chi connectivity index (χ4n) is 5.96. The van der Waals surface area contributed by atoms with Crippen LogP contribution in [0.3, 0.4) is 0 Å². The lowest BCUT2D eigenvalue weighted by molar-refractivity contribution is -0.148. The maximum absolute atomic E-state index is 13.7. The number of carbonyl (C=O) groups excluding carboxylic acids is 4. The highest BCUT2D eigenvalue weighted by Gasteiger charge is 2.42. The molecule has 1 heterocycles. The number of methoxy groups -OCH3 is 3. The van der Waals surface area contributed by atoms with Crippen LogP contribution < -0.4 is 11.1 Å². The second-order valence-electron chi connectivity index (χ2n) is 11.1. The molecule has 11 heteroatoms. The van der Waals surface area contributed by atoms with Crippen molar-refractivity contribution in [2.45, 2.75) is 83.2 Å². The van der Waals surface area contributed by atoms with Crippen LogP contribution in [0, 0.1) is 11.8 Å². The average Bonchev–Trinajstić information content (AvgIpc) is 3.49. The van der Waals surface area contributed by atoms with E-state index in [1.807, 2.05) is 44.2 Å². The van der Waals surface area contributed by atoms with Crippen molar-refractivity contribution in [1.82, 2.24) is 15.1 Å². The van der Waals surface area contributed by atoms with Gasteiger partial charge in [0.2, 0.25) is 17.7 Å². The van der Waals surface area contributed by atoms with E-state index >= 15 is 0 Å². The van der Waals surface area contributed by atoms with E-state index in [9.17, 15) is 19.2 Å². The largest absolute Gasteiger partial charge is 0.467 e. The number of carbonyl (C=O) groups is 4. The molecular formula is C31H50N4O7. The zero-order valence-corrected chi connectivity index (χ0v) is 26.2. The van der Waals surface area contributed by atoms with E-state index in [0.29, 0.717) is 13.0 Å². The zero-order valence-electron chi connectivity index (χ0n) is 26.2. The second-order valence-corrected chi connectivity index (χ2v) is 11.1. The molecule has 3 N–H and O–H groups in total. The molecule has 11 nitrogen and oxygen atoms in total. The summed E-state index contributed by atoms with van der Waals surface area (Å²) in [5.41, 5.74) is 6.52. The highest BCUT2D eigenvalue weighted by atomic mass is 16.5. The van der Waals surface area contributed by atoms with Crippen LogP contribution in [0.1, 0.15) is 52.0 Å². The minimum atomic E-state index is -0.862. The molecule has 3 amide bonds. The van der Waals surface area contributed by atoms with E-state index in [-0.39, 0.29) is 55.1 Å². The molecule has 0 bridgehead atoms. The summed E-state index contributed by atoms with van der Waals surface area (Å²) >= 11 is 0. The number of ether oxygens (including phenoxy) is 3. The first kappa shape index (κ1) is 35.2. The molecule has 1 saturated heterocycles. The summed E-state index contributed by atoms with van der Waals surface area (Å²) in [5.74, 6) is -1.82. The predicted molar refractivity (Wildman–Crippen MR) is 159 cm³/mol. The normalized spacial score (nSPS) is 19.2. The number of benzene rings is 1. The molecule has 0 spiro atoms. The molecule has 1 aromatic carbocycles. The number of amides is 3. The molecule has 1 fully saturated rings. The number of likely N-dealkylation sites (tertiary alicyclic amines) is 1. The van der Waals surface area contributed by atoms with Crippen LogP contribution in [0.15, 0.2) is 30.3 Å². The van der Waals surface area contributed by atoms with Crippen LogP contribution >= 0.6 is 0 Å². The van der Waals surface area contributed by atoms with E-state index in [0.717, 1.165) is 18.4 Å². The SMILES string of the molecule is CC[C@H](C)[C@@H]([C@@H](CC(=O)N1CCC[C@H]1[C@H](OC)[C@@H](C)C(=O)N[C@@H](Cc1ccccc1)C(=O)OC)OC)N(C)C(=O)CN. The summed E-state index contributed by atoms with van der Waals surface area (Å²) in [7, 11) is 6.06. The Balaban J connectivity index is 2.19. The van der Waals surface area contributed by atoms with Crippen molar-refractivity contribution in [3.63, 3.8) is 0 Å². The van der Waals surface area contributed by atoms with Crippen LogP contribution in [-0.4, -0.2) is 105 Å². The van der Waals surface area contributed by atoms with Crippen LogP contribution in [0.5, 0.6) is 0 Å². The molecule has 236 valence electrons. The summed E-state index contributed by atoms with van der Waals surface area (Å²) in [6.07, 6.45) is 1.46. The second kappa shape index (κ2) is 17.2. The Morgan fingerprint density at radius 1 is 1.10 bits per heavy atom. The van der Waals surface area contributed by atoms with Gasteiger partial charge in [0.25, 0.3) is 0 Å². The van der Waals surface area contributed by atoms with Gasteiger partial charge in [0.05, 0.1) is 50.3 Å². The standard InChI is InChI=1S/C31H50N4O7/c1-8-20(2)28(34(4)27(37)19-32)25(40-5)18-26(36)35-16-12-15-24(35)29(41-6)21(3)30(38)33-23(31(39)42-7)17-22-13-10-9-11-14-22/h9-11,13-14,20-21,23-25,28-29H,8,12,15-19,32H2,1-7H3,(H,33,38)/t20-,21+,23-,24-,25+,28-,29+/m0/s1. The summed E-state index contributed by atoms with van der Waals surface area (Å²) in [4.78, 5) is 55.5. The van der Waals surface area contributed by atoms with Gasteiger partial charge in [-0.05, 0) is 24.3 Å². The topological polar surface area (TPSA) is 141 Å². The molecule has 0 aliphatic carbocycles. The van der Waals surface area contributed by atoms with Crippen molar-refractivity contribution in [3.05, 3.63) is 35.9 Å². The van der Waals surface area contributed by atoms with E-state index in [2.05, 4.69) is 5.32 Å².